The Kier molecular flexibility index (Phi) is 9.88. The van der Waals surface area contributed by atoms with Crippen LogP contribution in [-0.4, -0.2) is 67.5 Å². The molecule has 0 bridgehead atoms. The van der Waals surface area contributed by atoms with Gasteiger partial charge in [-0.25, -0.2) is 4.99 Å². The van der Waals surface area contributed by atoms with Gasteiger partial charge in [-0.2, -0.15) is 0 Å². The molecule has 1 aromatic carbocycles. The van der Waals surface area contributed by atoms with Gasteiger partial charge in [0.25, 0.3) is 6.02 Å². The number of rotatable bonds is 9. The van der Waals surface area contributed by atoms with Crippen molar-refractivity contribution in [2.75, 3.05) is 33.7 Å². The SMILES string of the molecule is CC/N=C(/NCCCN(C)C)OC(=O)CC1CCC(=O)N1Cc1ccc(Cl)cc1Cl. The maximum atomic E-state index is 12.5. The molecule has 0 radical (unpaired) electrons. The van der Waals surface area contributed by atoms with Crippen LogP contribution in [0.5, 0.6) is 0 Å². The van der Waals surface area contributed by atoms with Crippen LogP contribution in [-0.2, 0) is 20.9 Å². The van der Waals surface area contributed by atoms with Crippen LogP contribution in [0.4, 0.5) is 0 Å². The largest absolute Gasteiger partial charge is 0.393 e. The Balaban J connectivity index is 1.93. The van der Waals surface area contributed by atoms with Gasteiger partial charge in [0.1, 0.15) is 0 Å². The summed E-state index contributed by atoms with van der Waals surface area (Å²) in [5.74, 6) is -0.405. The van der Waals surface area contributed by atoms with Crippen LogP contribution in [0.2, 0.25) is 10.0 Å². The van der Waals surface area contributed by atoms with E-state index in [1.807, 2.05) is 21.0 Å². The molecule has 0 spiro atoms. The standard InChI is InChI=1S/C21H30Cl2N4O3/c1-4-24-21(25-10-5-11-26(2)3)30-20(29)13-17-8-9-19(28)27(17)14-15-6-7-16(22)12-18(15)23/h6-7,12,17H,4-5,8-11,13-14H2,1-3H3,(H,24,25). The van der Waals surface area contributed by atoms with E-state index in [1.165, 1.54) is 0 Å². The summed E-state index contributed by atoms with van der Waals surface area (Å²) in [5.41, 5.74) is 0.797. The molecular formula is C21H30Cl2N4O3. The number of amidine groups is 1. The number of halogens is 2. The molecule has 1 atom stereocenters. The highest BCUT2D eigenvalue weighted by Gasteiger charge is 2.33. The van der Waals surface area contributed by atoms with Crippen LogP contribution in [0.25, 0.3) is 0 Å². The van der Waals surface area contributed by atoms with Crippen molar-refractivity contribution in [2.24, 2.45) is 4.99 Å². The number of likely N-dealkylation sites (tertiary alicyclic amines) is 1. The Labute approximate surface area is 188 Å². The second-order valence-electron chi connectivity index (χ2n) is 7.49. The molecular weight excluding hydrogens is 427 g/mol. The fourth-order valence-corrected chi connectivity index (χ4v) is 3.72. The summed E-state index contributed by atoms with van der Waals surface area (Å²) in [6, 6.07) is 5.20. The van der Waals surface area contributed by atoms with Crippen LogP contribution < -0.4 is 5.32 Å². The smallest absolute Gasteiger partial charge is 0.315 e. The molecule has 1 unspecified atom stereocenters. The number of nitrogens with zero attached hydrogens (tertiary/aromatic N) is 3. The molecule has 0 saturated carbocycles. The summed E-state index contributed by atoms with van der Waals surface area (Å²) < 4.78 is 5.44. The van der Waals surface area contributed by atoms with E-state index in [1.54, 1.807) is 23.1 Å². The normalized spacial score (nSPS) is 17.0. The number of hydrogen-bond donors (Lipinski definition) is 1. The van der Waals surface area contributed by atoms with Crippen molar-refractivity contribution >= 4 is 41.1 Å². The van der Waals surface area contributed by atoms with Crippen molar-refractivity contribution in [3.63, 3.8) is 0 Å². The van der Waals surface area contributed by atoms with Crippen molar-refractivity contribution in [1.29, 1.82) is 0 Å². The van der Waals surface area contributed by atoms with Gasteiger partial charge in [0, 0.05) is 42.1 Å². The molecule has 1 N–H and O–H groups in total. The molecule has 1 aliphatic heterocycles. The molecule has 1 aliphatic rings. The molecule has 7 nitrogen and oxygen atoms in total. The van der Waals surface area contributed by atoms with E-state index < -0.39 is 5.97 Å². The van der Waals surface area contributed by atoms with E-state index in [9.17, 15) is 9.59 Å². The van der Waals surface area contributed by atoms with Crippen LogP contribution >= 0.6 is 23.2 Å². The average Bonchev–Trinajstić information content (AvgIpc) is 3.00. The lowest BCUT2D eigenvalue weighted by atomic mass is 10.1. The van der Waals surface area contributed by atoms with Gasteiger partial charge in [-0.05, 0) is 58.1 Å². The number of amides is 1. The maximum Gasteiger partial charge on any atom is 0.315 e. The Bertz CT molecular complexity index is 771. The summed E-state index contributed by atoms with van der Waals surface area (Å²) >= 11 is 12.2. The summed E-state index contributed by atoms with van der Waals surface area (Å²) in [7, 11) is 4.01. The monoisotopic (exact) mass is 456 g/mol. The minimum Gasteiger partial charge on any atom is -0.393 e. The van der Waals surface area contributed by atoms with Crippen LogP contribution in [0, 0.1) is 0 Å². The molecule has 1 heterocycles. The Morgan fingerprint density at radius 3 is 2.80 bits per heavy atom. The summed E-state index contributed by atoms with van der Waals surface area (Å²) in [4.78, 5) is 32.9. The van der Waals surface area contributed by atoms with Gasteiger partial charge in [-0.3, -0.25) is 9.59 Å². The molecule has 1 fully saturated rings. The number of esters is 1. The fraction of sp³-hybridized carbons (Fsp3) is 0.571. The van der Waals surface area contributed by atoms with Crippen LogP contribution in [0.15, 0.2) is 23.2 Å². The van der Waals surface area contributed by atoms with Crippen molar-refractivity contribution in [3.8, 4) is 0 Å². The quantitative estimate of drug-likeness (QED) is 0.267. The number of ether oxygens (including phenoxy) is 1. The molecule has 0 aliphatic carbocycles. The highest BCUT2D eigenvalue weighted by molar-refractivity contribution is 6.35. The third-order valence-corrected chi connectivity index (χ3v) is 5.37. The zero-order valence-corrected chi connectivity index (χ0v) is 19.3. The molecule has 1 saturated heterocycles. The Hall–Kier alpha value is -1.83. The molecule has 9 heteroatoms. The Morgan fingerprint density at radius 1 is 1.37 bits per heavy atom. The molecule has 1 amide bonds. The van der Waals surface area contributed by atoms with Gasteiger partial charge in [-0.1, -0.05) is 29.3 Å². The van der Waals surface area contributed by atoms with E-state index in [0.29, 0.717) is 42.5 Å². The zero-order valence-electron chi connectivity index (χ0n) is 17.8. The van der Waals surface area contributed by atoms with E-state index in [-0.39, 0.29) is 24.4 Å². The van der Waals surface area contributed by atoms with Gasteiger partial charge < -0.3 is 19.9 Å². The third-order valence-electron chi connectivity index (χ3n) is 4.78. The predicted octanol–water partition coefficient (Wildman–Crippen LogP) is 3.33. The van der Waals surface area contributed by atoms with Gasteiger partial charge in [-0.15, -0.1) is 0 Å². The molecule has 2 rings (SSSR count). The van der Waals surface area contributed by atoms with Crippen LogP contribution in [0.1, 0.15) is 38.2 Å². The number of carbonyl (C=O) groups excluding carboxylic acids is 2. The molecule has 0 aromatic heterocycles. The Morgan fingerprint density at radius 2 is 2.13 bits per heavy atom. The second kappa shape index (κ2) is 12.1. The third kappa shape index (κ3) is 7.78. The van der Waals surface area contributed by atoms with Gasteiger partial charge >= 0.3 is 5.97 Å². The molecule has 30 heavy (non-hydrogen) atoms. The van der Waals surface area contributed by atoms with Gasteiger partial charge in [0.05, 0.1) is 6.42 Å². The average molecular weight is 457 g/mol. The first kappa shape index (κ1) is 24.4. The summed E-state index contributed by atoms with van der Waals surface area (Å²) in [5, 5.41) is 4.12. The summed E-state index contributed by atoms with van der Waals surface area (Å²) in [6.45, 7) is 4.31. The topological polar surface area (TPSA) is 74.2 Å². The molecule has 1 aromatic rings. The number of hydrogen-bond acceptors (Lipinski definition) is 5. The van der Waals surface area contributed by atoms with E-state index in [0.717, 1.165) is 18.5 Å². The van der Waals surface area contributed by atoms with Crippen molar-refractivity contribution in [2.45, 2.75) is 45.2 Å². The van der Waals surface area contributed by atoms with E-state index >= 15 is 0 Å². The lowest BCUT2D eigenvalue weighted by molar-refractivity contribution is -0.138. The summed E-state index contributed by atoms with van der Waals surface area (Å²) in [6.07, 6.45) is 2.02. The second-order valence-corrected chi connectivity index (χ2v) is 8.33. The zero-order chi connectivity index (χ0) is 22.1. The highest BCUT2D eigenvalue weighted by atomic mass is 35.5. The number of aliphatic imine (C=N–C) groups is 1. The van der Waals surface area contributed by atoms with Gasteiger partial charge in [0.15, 0.2) is 0 Å². The van der Waals surface area contributed by atoms with E-state index in [2.05, 4.69) is 15.2 Å². The first-order valence-corrected chi connectivity index (χ1v) is 10.9. The number of nitrogens with one attached hydrogen (secondary N) is 1. The van der Waals surface area contributed by atoms with E-state index in [4.69, 9.17) is 27.9 Å². The minimum absolute atomic E-state index is 0.00285. The number of benzene rings is 1. The van der Waals surface area contributed by atoms with Crippen molar-refractivity contribution < 1.29 is 14.3 Å². The lowest BCUT2D eigenvalue weighted by Gasteiger charge is -2.25. The van der Waals surface area contributed by atoms with Crippen molar-refractivity contribution in [3.05, 3.63) is 33.8 Å². The maximum absolute atomic E-state index is 12.5. The van der Waals surface area contributed by atoms with Gasteiger partial charge in [0.2, 0.25) is 5.91 Å². The fourth-order valence-electron chi connectivity index (χ4n) is 3.26. The highest BCUT2D eigenvalue weighted by Crippen LogP contribution is 2.28. The lowest BCUT2D eigenvalue weighted by Crippen LogP contribution is -2.36. The van der Waals surface area contributed by atoms with Crippen LogP contribution in [0.3, 0.4) is 0 Å². The first-order chi connectivity index (χ1) is 14.3. The first-order valence-electron chi connectivity index (χ1n) is 10.2. The molecule has 166 valence electrons. The number of carbonyl (C=O) groups is 2. The predicted molar refractivity (Wildman–Crippen MR) is 120 cm³/mol. The minimum atomic E-state index is -0.408. The van der Waals surface area contributed by atoms with Crippen molar-refractivity contribution in [1.82, 2.24) is 15.1 Å².